The molecule has 3 aromatic heterocycles. The van der Waals surface area contributed by atoms with Gasteiger partial charge in [0.25, 0.3) is 0 Å². The molecule has 0 unspecified atom stereocenters. The number of hydrogen-bond donors (Lipinski definition) is 0. The second-order valence-electron chi connectivity index (χ2n) is 13.7. The SMILES string of the molecule is N#Cc1ccccc1-c1cc(-n2c3ccccc3c3ccccc32)cc(-n2c3ccccc3c3cc4c5ccccc5n(-c5ccccc5)c4cc32)c1. The van der Waals surface area contributed by atoms with Crippen molar-refractivity contribution < 1.29 is 0 Å². The Morgan fingerprint density at radius 1 is 0.321 bits per heavy atom. The monoisotopic (exact) mass is 674 g/mol. The molecule has 0 aliphatic rings. The van der Waals surface area contributed by atoms with Crippen LogP contribution in [-0.4, -0.2) is 13.7 Å². The number of nitriles is 1. The molecule has 0 fully saturated rings. The Hall–Kier alpha value is -7.35. The minimum atomic E-state index is 0.647. The summed E-state index contributed by atoms with van der Waals surface area (Å²) >= 11 is 0. The van der Waals surface area contributed by atoms with E-state index < -0.39 is 0 Å². The highest BCUT2D eigenvalue weighted by atomic mass is 15.0. The van der Waals surface area contributed by atoms with Crippen molar-refractivity contribution in [2.75, 3.05) is 0 Å². The predicted octanol–water partition coefficient (Wildman–Crippen LogP) is 12.5. The van der Waals surface area contributed by atoms with Crippen LogP contribution in [0.5, 0.6) is 0 Å². The van der Waals surface area contributed by atoms with Gasteiger partial charge in [-0.25, -0.2) is 0 Å². The summed E-state index contributed by atoms with van der Waals surface area (Å²) in [6.07, 6.45) is 0. The van der Waals surface area contributed by atoms with E-state index in [0.29, 0.717) is 5.56 Å². The minimum Gasteiger partial charge on any atom is -0.309 e. The Morgan fingerprint density at radius 3 is 1.26 bits per heavy atom. The van der Waals surface area contributed by atoms with Gasteiger partial charge in [0.1, 0.15) is 0 Å². The van der Waals surface area contributed by atoms with Crippen molar-refractivity contribution in [1.82, 2.24) is 13.7 Å². The standard InChI is InChI=1S/C49H30N4/c50-31-32-14-4-5-17-37(32)33-26-35(52-44-22-10-6-18-38(44)39-19-7-11-23-45(39)52)28-36(27-33)53-47-25-13-9-21-41(47)43-29-42-40-20-8-12-24-46(40)51(48(42)30-49(43)53)34-15-2-1-3-16-34/h1-30H. The fraction of sp³-hybridized carbons (Fsp3) is 0. The Balaban J connectivity index is 1.29. The van der Waals surface area contributed by atoms with E-state index in [2.05, 4.69) is 184 Å². The van der Waals surface area contributed by atoms with Crippen LogP contribution in [0.2, 0.25) is 0 Å². The van der Waals surface area contributed by atoms with E-state index in [0.717, 1.165) is 55.8 Å². The van der Waals surface area contributed by atoms with E-state index in [9.17, 15) is 5.26 Å². The zero-order valence-corrected chi connectivity index (χ0v) is 28.6. The first kappa shape index (κ1) is 29.4. The molecule has 3 heterocycles. The first-order chi connectivity index (χ1) is 26.3. The van der Waals surface area contributed by atoms with Crippen molar-refractivity contribution in [3.05, 3.63) is 188 Å². The lowest BCUT2D eigenvalue weighted by molar-refractivity contribution is 1.13. The number of fused-ring (bicyclic) bond motifs is 9. The van der Waals surface area contributed by atoms with Gasteiger partial charge in [0.05, 0.1) is 44.7 Å². The number of rotatable bonds is 4. The number of aromatic nitrogens is 3. The molecule has 0 spiro atoms. The third kappa shape index (κ3) is 4.29. The Labute approximate surface area is 305 Å². The Kier molecular flexibility index (Phi) is 6.28. The zero-order valence-electron chi connectivity index (χ0n) is 28.6. The van der Waals surface area contributed by atoms with Crippen LogP contribution in [0.1, 0.15) is 5.56 Å². The van der Waals surface area contributed by atoms with E-state index in [1.165, 1.54) is 37.8 Å². The summed E-state index contributed by atoms with van der Waals surface area (Å²) < 4.78 is 7.16. The first-order valence-electron chi connectivity index (χ1n) is 17.9. The first-order valence-corrected chi connectivity index (χ1v) is 17.9. The average Bonchev–Trinajstić information content (AvgIpc) is 3.85. The van der Waals surface area contributed by atoms with Gasteiger partial charge in [-0.2, -0.15) is 5.26 Å². The maximum Gasteiger partial charge on any atom is 0.0998 e. The molecule has 11 rings (SSSR count). The van der Waals surface area contributed by atoms with Crippen LogP contribution >= 0.6 is 0 Å². The van der Waals surface area contributed by atoms with Gasteiger partial charge in [0, 0.05) is 49.4 Å². The molecule has 53 heavy (non-hydrogen) atoms. The zero-order chi connectivity index (χ0) is 35.0. The molecule has 0 atom stereocenters. The second-order valence-corrected chi connectivity index (χ2v) is 13.7. The molecule has 0 amide bonds. The highest BCUT2D eigenvalue weighted by Crippen LogP contribution is 2.41. The van der Waals surface area contributed by atoms with E-state index in [-0.39, 0.29) is 0 Å². The van der Waals surface area contributed by atoms with Crippen molar-refractivity contribution in [1.29, 1.82) is 5.26 Å². The summed E-state index contributed by atoms with van der Waals surface area (Å²) in [6.45, 7) is 0. The van der Waals surface area contributed by atoms with Gasteiger partial charge in [-0.1, -0.05) is 109 Å². The summed E-state index contributed by atoms with van der Waals surface area (Å²) in [5, 5.41) is 17.5. The summed E-state index contributed by atoms with van der Waals surface area (Å²) in [4.78, 5) is 0. The third-order valence-electron chi connectivity index (χ3n) is 10.8. The summed E-state index contributed by atoms with van der Waals surface area (Å²) in [6, 6.07) is 67.2. The summed E-state index contributed by atoms with van der Waals surface area (Å²) in [7, 11) is 0. The lowest BCUT2D eigenvalue weighted by Crippen LogP contribution is -2.01. The molecule has 0 aliphatic carbocycles. The number of para-hydroxylation sites is 5. The fourth-order valence-corrected chi connectivity index (χ4v) is 8.61. The van der Waals surface area contributed by atoms with Crippen LogP contribution in [0, 0.1) is 11.3 Å². The van der Waals surface area contributed by atoms with Crippen LogP contribution in [0.25, 0.3) is 93.6 Å². The van der Waals surface area contributed by atoms with Gasteiger partial charge < -0.3 is 13.7 Å². The van der Waals surface area contributed by atoms with Crippen LogP contribution in [0.4, 0.5) is 0 Å². The Bertz CT molecular complexity index is 3240. The molecular formula is C49H30N4. The molecule has 0 saturated heterocycles. The van der Waals surface area contributed by atoms with Crippen molar-refractivity contribution in [3.63, 3.8) is 0 Å². The topological polar surface area (TPSA) is 38.6 Å². The lowest BCUT2D eigenvalue weighted by atomic mass is 9.99. The molecule has 4 heteroatoms. The van der Waals surface area contributed by atoms with E-state index >= 15 is 0 Å². The summed E-state index contributed by atoms with van der Waals surface area (Å²) in [5.74, 6) is 0. The molecule has 0 N–H and O–H groups in total. The quantitative estimate of drug-likeness (QED) is 0.183. The molecule has 8 aromatic carbocycles. The summed E-state index contributed by atoms with van der Waals surface area (Å²) in [5.41, 5.74) is 12.6. The van der Waals surface area contributed by atoms with Gasteiger partial charge in [-0.15, -0.1) is 0 Å². The maximum absolute atomic E-state index is 10.3. The van der Waals surface area contributed by atoms with Gasteiger partial charge in [0.15, 0.2) is 0 Å². The minimum absolute atomic E-state index is 0.647. The van der Waals surface area contributed by atoms with Gasteiger partial charge in [0.2, 0.25) is 0 Å². The number of hydrogen-bond acceptors (Lipinski definition) is 1. The van der Waals surface area contributed by atoms with Gasteiger partial charge >= 0.3 is 0 Å². The van der Waals surface area contributed by atoms with Crippen molar-refractivity contribution >= 4 is 65.4 Å². The van der Waals surface area contributed by atoms with Crippen LogP contribution in [0.3, 0.4) is 0 Å². The van der Waals surface area contributed by atoms with Gasteiger partial charge in [-0.05, 0) is 83.9 Å². The van der Waals surface area contributed by atoms with E-state index in [1.807, 2.05) is 18.2 Å². The molecule has 0 aliphatic heterocycles. The second kappa shape index (κ2) is 11.3. The van der Waals surface area contributed by atoms with Crippen LogP contribution in [-0.2, 0) is 0 Å². The predicted molar refractivity (Wildman–Crippen MR) is 220 cm³/mol. The third-order valence-corrected chi connectivity index (χ3v) is 10.8. The van der Waals surface area contributed by atoms with Crippen molar-refractivity contribution in [2.45, 2.75) is 0 Å². The van der Waals surface area contributed by atoms with Gasteiger partial charge in [-0.3, -0.25) is 0 Å². The largest absolute Gasteiger partial charge is 0.309 e. The molecule has 11 aromatic rings. The van der Waals surface area contributed by atoms with E-state index in [4.69, 9.17) is 0 Å². The highest BCUT2D eigenvalue weighted by Gasteiger charge is 2.20. The Morgan fingerprint density at radius 2 is 0.736 bits per heavy atom. The smallest absolute Gasteiger partial charge is 0.0998 e. The normalized spacial score (nSPS) is 11.8. The molecular weight excluding hydrogens is 645 g/mol. The van der Waals surface area contributed by atoms with Crippen LogP contribution < -0.4 is 0 Å². The lowest BCUT2D eigenvalue weighted by Gasteiger charge is -2.16. The number of nitrogens with zero attached hydrogens (tertiary/aromatic N) is 4. The fourth-order valence-electron chi connectivity index (χ4n) is 8.61. The van der Waals surface area contributed by atoms with Crippen molar-refractivity contribution in [3.8, 4) is 34.3 Å². The molecule has 0 radical (unpaired) electrons. The molecule has 4 nitrogen and oxygen atoms in total. The average molecular weight is 675 g/mol. The van der Waals surface area contributed by atoms with E-state index in [1.54, 1.807) is 0 Å². The highest BCUT2D eigenvalue weighted by molar-refractivity contribution is 6.19. The molecule has 0 bridgehead atoms. The molecule has 246 valence electrons. The van der Waals surface area contributed by atoms with Crippen molar-refractivity contribution in [2.24, 2.45) is 0 Å². The molecule has 0 saturated carbocycles. The number of benzene rings is 8. The maximum atomic E-state index is 10.3. The van der Waals surface area contributed by atoms with Crippen LogP contribution in [0.15, 0.2) is 182 Å².